The number of halogens is 1. The fourth-order valence-electron chi connectivity index (χ4n) is 4.70. The van der Waals surface area contributed by atoms with Crippen LogP contribution in [0, 0.1) is 10.6 Å². The number of nitrogens with zero attached hydrogens (tertiary/aromatic N) is 1. The number of hydrogen-bond acceptors (Lipinski definition) is 5. The van der Waals surface area contributed by atoms with Crippen LogP contribution in [0.25, 0.3) is 0 Å². The van der Waals surface area contributed by atoms with E-state index in [1.54, 1.807) is 17.0 Å². The minimum atomic E-state index is -3.10. The summed E-state index contributed by atoms with van der Waals surface area (Å²) >= 11 is 0. The van der Waals surface area contributed by atoms with Crippen LogP contribution in [0.2, 0.25) is 0 Å². The summed E-state index contributed by atoms with van der Waals surface area (Å²) in [6, 6.07) is 12.5. The molecule has 0 aliphatic carbocycles. The molecule has 0 spiro atoms. The number of rotatable bonds is 4. The van der Waals surface area contributed by atoms with Crippen molar-refractivity contribution in [2.24, 2.45) is 0 Å². The largest absolute Gasteiger partial charge is 0.465 e. The first-order chi connectivity index (χ1) is 15.6. The lowest BCUT2D eigenvalue weighted by atomic mass is 9.87. The minimum absolute atomic E-state index is 0.0200. The quantitative estimate of drug-likeness (QED) is 0.628. The van der Waals surface area contributed by atoms with Gasteiger partial charge in [-0.3, -0.25) is 9.57 Å². The van der Waals surface area contributed by atoms with Crippen molar-refractivity contribution in [3.63, 3.8) is 0 Å². The number of amides is 2. The first-order valence-corrected chi connectivity index (χ1v) is 12.7. The molecular formula is C23H26FN3O5S. The third kappa shape index (κ3) is 4.86. The summed E-state index contributed by atoms with van der Waals surface area (Å²) in [5, 5.41) is 10.7. The van der Waals surface area contributed by atoms with E-state index in [2.05, 4.69) is 5.32 Å². The Bertz CT molecular complexity index is 1150. The Hall–Kier alpha value is -2.98. The van der Waals surface area contributed by atoms with Gasteiger partial charge in [0.05, 0.1) is 23.9 Å². The van der Waals surface area contributed by atoms with Crippen LogP contribution in [0.5, 0.6) is 0 Å². The molecule has 2 aliphatic heterocycles. The van der Waals surface area contributed by atoms with Crippen LogP contribution >= 0.6 is 0 Å². The maximum atomic E-state index is 13.6. The van der Waals surface area contributed by atoms with E-state index in [9.17, 15) is 23.3 Å². The first-order valence-electron chi connectivity index (χ1n) is 10.6. The van der Waals surface area contributed by atoms with E-state index in [1.165, 1.54) is 18.4 Å². The number of carboxylic acid groups (broad SMARTS) is 1. The second-order valence-corrected chi connectivity index (χ2v) is 10.9. The molecule has 2 amide bonds. The second-order valence-electron chi connectivity index (χ2n) is 8.49. The summed E-state index contributed by atoms with van der Waals surface area (Å²) in [5.41, 5.74) is 2.81. The SMILES string of the molecule is CS(=N)(=O)[C@H]1CO[C@@H](C(=O)N2CCc3ccccc3[C@@H]2c2ccc(F)cc2)C[C@@H]1NC(=O)O. The van der Waals surface area contributed by atoms with Crippen LogP contribution in [0.3, 0.4) is 0 Å². The van der Waals surface area contributed by atoms with Crippen molar-refractivity contribution < 1.29 is 28.0 Å². The van der Waals surface area contributed by atoms with E-state index in [-0.39, 0.29) is 24.8 Å². The summed E-state index contributed by atoms with van der Waals surface area (Å²) < 4.78 is 39.6. The molecule has 0 saturated carbocycles. The van der Waals surface area contributed by atoms with Gasteiger partial charge < -0.3 is 20.1 Å². The van der Waals surface area contributed by atoms with Crippen molar-refractivity contribution in [2.45, 2.75) is 36.3 Å². The maximum absolute atomic E-state index is 13.6. The van der Waals surface area contributed by atoms with Crippen molar-refractivity contribution in [3.05, 3.63) is 71.0 Å². The van der Waals surface area contributed by atoms with E-state index >= 15 is 0 Å². The van der Waals surface area contributed by atoms with Crippen LogP contribution in [-0.4, -0.2) is 63.0 Å². The molecule has 33 heavy (non-hydrogen) atoms. The number of carbonyl (C=O) groups is 2. The number of ether oxygens (including phenoxy) is 1. The molecule has 4 rings (SSSR count). The fourth-order valence-corrected chi connectivity index (χ4v) is 5.84. The van der Waals surface area contributed by atoms with Crippen LogP contribution in [0.15, 0.2) is 48.5 Å². The molecule has 2 aliphatic rings. The van der Waals surface area contributed by atoms with Gasteiger partial charge in [0, 0.05) is 29.0 Å². The normalized spacial score (nSPS) is 26.7. The molecule has 8 nitrogen and oxygen atoms in total. The van der Waals surface area contributed by atoms with E-state index < -0.39 is 39.3 Å². The Morgan fingerprint density at radius 2 is 1.91 bits per heavy atom. The summed E-state index contributed by atoms with van der Waals surface area (Å²) in [6.45, 7) is 0.257. The predicted molar refractivity (Wildman–Crippen MR) is 120 cm³/mol. The van der Waals surface area contributed by atoms with Crippen LogP contribution in [0.1, 0.15) is 29.2 Å². The smallest absolute Gasteiger partial charge is 0.404 e. The zero-order valence-electron chi connectivity index (χ0n) is 18.1. The number of carbonyl (C=O) groups excluding carboxylic acids is 1. The van der Waals surface area contributed by atoms with E-state index in [0.29, 0.717) is 13.0 Å². The van der Waals surface area contributed by atoms with Gasteiger partial charge in [-0.25, -0.2) is 13.4 Å². The first kappa shape index (κ1) is 23.2. The molecule has 2 heterocycles. The molecule has 10 heteroatoms. The molecule has 176 valence electrons. The molecule has 3 N–H and O–H groups in total. The molecule has 0 bridgehead atoms. The van der Waals surface area contributed by atoms with E-state index in [4.69, 9.17) is 9.52 Å². The van der Waals surface area contributed by atoms with Gasteiger partial charge in [0.25, 0.3) is 5.91 Å². The summed E-state index contributed by atoms with van der Waals surface area (Å²) in [4.78, 5) is 26.6. The highest BCUT2D eigenvalue weighted by atomic mass is 32.2. The molecule has 2 aromatic carbocycles. The lowest BCUT2D eigenvalue weighted by molar-refractivity contribution is -0.149. The standard InChI is InChI=1S/C23H26FN3O5S/c1-33(25,31)20-13-32-19(12-18(20)26-23(29)30)22(28)27-11-10-14-4-2-3-5-17(14)21(27)15-6-8-16(24)9-7-15/h2-9,18-21,25-26H,10-13H2,1H3,(H,29,30)/t18-,19+,20-,21-,33?/m0/s1. The van der Waals surface area contributed by atoms with Crippen molar-refractivity contribution in [1.29, 1.82) is 4.78 Å². The van der Waals surface area contributed by atoms with Crippen molar-refractivity contribution >= 4 is 21.7 Å². The molecule has 0 aromatic heterocycles. The molecule has 2 aromatic rings. The van der Waals surface area contributed by atoms with Gasteiger partial charge in [0.1, 0.15) is 11.9 Å². The van der Waals surface area contributed by atoms with Crippen molar-refractivity contribution in [1.82, 2.24) is 10.2 Å². The monoisotopic (exact) mass is 475 g/mol. The Labute approximate surface area is 191 Å². The topological polar surface area (TPSA) is 120 Å². The Morgan fingerprint density at radius 3 is 2.58 bits per heavy atom. The van der Waals surface area contributed by atoms with E-state index in [1.807, 2.05) is 24.3 Å². The number of nitrogens with one attached hydrogen (secondary N) is 2. The van der Waals surface area contributed by atoms with Crippen molar-refractivity contribution in [2.75, 3.05) is 19.4 Å². The summed E-state index contributed by atoms with van der Waals surface area (Å²) in [6.07, 6.45) is -0.396. The molecule has 1 saturated heterocycles. The van der Waals surface area contributed by atoms with E-state index in [0.717, 1.165) is 16.7 Å². The third-order valence-electron chi connectivity index (χ3n) is 6.29. The molecule has 5 atom stereocenters. The highest BCUT2D eigenvalue weighted by Gasteiger charge is 2.43. The Kier molecular flexibility index (Phi) is 6.40. The molecule has 0 radical (unpaired) electrons. The lowest BCUT2D eigenvalue weighted by Gasteiger charge is -2.42. The molecule has 1 unspecified atom stereocenters. The maximum Gasteiger partial charge on any atom is 0.404 e. The molecule has 1 fully saturated rings. The fraction of sp³-hybridized carbons (Fsp3) is 0.391. The highest BCUT2D eigenvalue weighted by Crippen LogP contribution is 2.36. The Balaban J connectivity index is 1.65. The van der Waals surface area contributed by atoms with Crippen LogP contribution < -0.4 is 5.32 Å². The van der Waals surface area contributed by atoms with Gasteiger partial charge in [-0.1, -0.05) is 36.4 Å². The third-order valence-corrected chi connectivity index (χ3v) is 7.91. The lowest BCUT2D eigenvalue weighted by Crippen LogP contribution is -2.57. The van der Waals surface area contributed by atoms with Gasteiger partial charge >= 0.3 is 6.09 Å². The van der Waals surface area contributed by atoms with Crippen LogP contribution in [0.4, 0.5) is 9.18 Å². The van der Waals surface area contributed by atoms with Gasteiger partial charge in [-0.15, -0.1) is 0 Å². The Morgan fingerprint density at radius 1 is 1.21 bits per heavy atom. The number of benzene rings is 2. The van der Waals surface area contributed by atoms with Gasteiger partial charge in [0.2, 0.25) is 0 Å². The van der Waals surface area contributed by atoms with Gasteiger partial charge in [-0.2, -0.15) is 0 Å². The predicted octanol–water partition coefficient (Wildman–Crippen LogP) is 2.77. The number of hydrogen-bond donors (Lipinski definition) is 3. The number of fused-ring (bicyclic) bond motifs is 1. The average molecular weight is 476 g/mol. The van der Waals surface area contributed by atoms with Gasteiger partial charge in [0.15, 0.2) is 0 Å². The second kappa shape index (κ2) is 9.11. The van der Waals surface area contributed by atoms with Crippen molar-refractivity contribution in [3.8, 4) is 0 Å². The summed E-state index contributed by atoms with van der Waals surface area (Å²) in [7, 11) is -3.10. The summed E-state index contributed by atoms with van der Waals surface area (Å²) in [5.74, 6) is -0.689. The minimum Gasteiger partial charge on any atom is -0.465 e. The zero-order chi connectivity index (χ0) is 23.8. The highest BCUT2D eigenvalue weighted by molar-refractivity contribution is 7.92. The van der Waals surface area contributed by atoms with Gasteiger partial charge in [-0.05, 0) is 35.2 Å². The molecular weight excluding hydrogens is 449 g/mol. The van der Waals surface area contributed by atoms with Crippen LogP contribution in [-0.2, 0) is 25.7 Å². The zero-order valence-corrected chi connectivity index (χ0v) is 18.9. The average Bonchev–Trinajstić information content (AvgIpc) is 2.77.